The van der Waals surface area contributed by atoms with Gasteiger partial charge in [0.2, 0.25) is 0 Å². The van der Waals surface area contributed by atoms with Crippen LogP contribution in [0.15, 0.2) is 48.5 Å². The van der Waals surface area contributed by atoms with Crippen molar-refractivity contribution in [3.05, 3.63) is 59.9 Å². The van der Waals surface area contributed by atoms with Gasteiger partial charge in [0.05, 0.1) is 17.4 Å². The van der Waals surface area contributed by atoms with Crippen LogP contribution in [0.25, 0.3) is 0 Å². The smallest absolute Gasteiger partial charge is 0.123 e. The number of anilines is 2. The molecule has 1 unspecified atom stereocenters. The molecule has 20 heavy (non-hydrogen) atoms. The molecule has 3 heteroatoms. The molecule has 0 aliphatic heterocycles. The normalized spacial score (nSPS) is 12.0. The summed E-state index contributed by atoms with van der Waals surface area (Å²) < 4.78 is 13.4. The van der Waals surface area contributed by atoms with Crippen LogP contribution in [0.5, 0.6) is 0 Å². The second kappa shape index (κ2) is 6.42. The van der Waals surface area contributed by atoms with Gasteiger partial charge in [0.1, 0.15) is 5.82 Å². The molecule has 0 radical (unpaired) electrons. The average Bonchev–Trinajstić information content (AvgIpc) is 2.45. The maximum absolute atomic E-state index is 13.4. The Morgan fingerprint density at radius 1 is 1.10 bits per heavy atom. The fraction of sp³-hybridized carbons (Fsp3) is 0.294. The molecule has 0 aromatic heterocycles. The van der Waals surface area contributed by atoms with Gasteiger partial charge in [-0.15, -0.1) is 0 Å². The highest BCUT2D eigenvalue weighted by Gasteiger charge is 2.12. The predicted octanol–water partition coefficient (Wildman–Crippen LogP) is 4.45. The lowest BCUT2D eigenvalue weighted by Crippen LogP contribution is -2.15. The standard InChI is InChI=1S/C17H21FN2/c1-4-15(13-8-7-9-14(18)12-13)19-16-10-5-6-11-17(16)20(2)3/h5-12,15,19H,4H2,1-3H3. The zero-order chi connectivity index (χ0) is 14.5. The van der Waals surface area contributed by atoms with E-state index in [0.717, 1.165) is 23.4 Å². The molecular formula is C17H21FN2. The van der Waals surface area contributed by atoms with Crippen LogP contribution in [0.2, 0.25) is 0 Å². The highest BCUT2D eigenvalue weighted by molar-refractivity contribution is 5.69. The van der Waals surface area contributed by atoms with Crippen LogP contribution < -0.4 is 10.2 Å². The van der Waals surface area contributed by atoms with Crippen LogP contribution >= 0.6 is 0 Å². The molecule has 2 aromatic carbocycles. The SMILES string of the molecule is CCC(Nc1ccccc1N(C)C)c1cccc(F)c1. The summed E-state index contributed by atoms with van der Waals surface area (Å²) in [5.74, 6) is -0.191. The minimum absolute atomic E-state index is 0.104. The number of nitrogens with zero attached hydrogens (tertiary/aromatic N) is 1. The maximum Gasteiger partial charge on any atom is 0.123 e. The molecule has 2 nitrogen and oxygen atoms in total. The van der Waals surface area contributed by atoms with E-state index in [0.29, 0.717) is 0 Å². The van der Waals surface area contributed by atoms with Gasteiger partial charge in [-0.05, 0) is 36.2 Å². The van der Waals surface area contributed by atoms with E-state index in [1.54, 1.807) is 12.1 Å². The molecule has 2 rings (SSSR count). The van der Waals surface area contributed by atoms with Crippen molar-refractivity contribution in [3.8, 4) is 0 Å². The van der Waals surface area contributed by atoms with Crippen LogP contribution in [0, 0.1) is 5.82 Å². The third kappa shape index (κ3) is 3.29. The van der Waals surface area contributed by atoms with Crippen molar-refractivity contribution >= 4 is 11.4 Å². The summed E-state index contributed by atoms with van der Waals surface area (Å²) in [7, 11) is 4.04. The summed E-state index contributed by atoms with van der Waals surface area (Å²) in [6, 6.07) is 15.0. The van der Waals surface area contributed by atoms with E-state index in [-0.39, 0.29) is 11.9 Å². The number of hydrogen-bond donors (Lipinski definition) is 1. The molecule has 1 atom stereocenters. The Bertz CT molecular complexity index is 566. The molecule has 0 aliphatic rings. The molecule has 1 N–H and O–H groups in total. The summed E-state index contributed by atoms with van der Waals surface area (Å²) in [5, 5.41) is 3.51. The first-order valence-corrected chi connectivity index (χ1v) is 6.90. The van der Waals surface area contributed by atoms with Crippen molar-refractivity contribution in [1.82, 2.24) is 0 Å². The summed E-state index contributed by atoms with van der Waals surface area (Å²) in [5.41, 5.74) is 3.16. The average molecular weight is 272 g/mol. The largest absolute Gasteiger partial charge is 0.377 e. The highest BCUT2D eigenvalue weighted by Crippen LogP contribution is 2.29. The molecule has 0 bridgehead atoms. The predicted molar refractivity (Wildman–Crippen MR) is 83.8 cm³/mol. The van der Waals surface area contributed by atoms with Crippen molar-refractivity contribution in [2.45, 2.75) is 19.4 Å². The van der Waals surface area contributed by atoms with Crippen LogP contribution in [-0.2, 0) is 0 Å². The molecule has 106 valence electrons. The maximum atomic E-state index is 13.4. The van der Waals surface area contributed by atoms with Gasteiger partial charge in [-0.3, -0.25) is 0 Å². The monoisotopic (exact) mass is 272 g/mol. The molecule has 0 aliphatic carbocycles. The number of nitrogens with one attached hydrogen (secondary N) is 1. The van der Waals surface area contributed by atoms with Gasteiger partial charge in [0.15, 0.2) is 0 Å². The lowest BCUT2D eigenvalue weighted by atomic mass is 10.0. The van der Waals surface area contributed by atoms with Gasteiger partial charge in [0, 0.05) is 14.1 Å². The topological polar surface area (TPSA) is 15.3 Å². The van der Waals surface area contributed by atoms with E-state index in [9.17, 15) is 4.39 Å². The van der Waals surface area contributed by atoms with Gasteiger partial charge < -0.3 is 10.2 Å². The fourth-order valence-corrected chi connectivity index (χ4v) is 2.32. The Morgan fingerprint density at radius 3 is 2.50 bits per heavy atom. The number of para-hydroxylation sites is 2. The summed E-state index contributed by atoms with van der Waals surface area (Å²) in [4.78, 5) is 2.07. The number of benzene rings is 2. The van der Waals surface area contributed by atoms with Gasteiger partial charge in [-0.25, -0.2) is 4.39 Å². The quantitative estimate of drug-likeness (QED) is 0.864. The van der Waals surface area contributed by atoms with Crippen molar-refractivity contribution in [1.29, 1.82) is 0 Å². The number of halogens is 1. The molecular weight excluding hydrogens is 251 g/mol. The first-order chi connectivity index (χ1) is 9.61. The molecule has 2 aromatic rings. The van der Waals surface area contributed by atoms with Crippen LogP contribution in [0.4, 0.5) is 15.8 Å². The van der Waals surface area contributed by atoms with Crippen LogP contribution in [0.1, 0.15) is 24.9 Å². The Balaban J connectivity index is 2.27. The van der Waals surface area contributed by atoms with Gasteiger partial charge in [-0.2, -0.15) is 0 Å². The van der Waals surface area contributed by atoms with E-state index in [2.05, 4.69) is 29.3 Å². The van der Waals surface area contributed by atoms with Gasteiger partial charge in [0.25, 0.3) is 0 Å². The Hall–Kier alpha value is -2.03. The minimum atomic E-state index is -0.191. The Labute approximate surface area is 120 Å². The van der Waals surface area contributed by atoms with Crippen molar-refractivity contribution in [3.63, 3.8) is 0 Å². The zero-order valence-corrected chi connectivity index (χ0v) is 12.2. The van der Waals surface area contributed by atoms with E-state index in [1.165, 1.54) is 6.07 Å². The molecule has 0 spiro atoms. The molecule has 0 fully saturated rings. The second-order valence-electron chi connectivity index (χ2n) is 5.07. The molecule has 0 saturated heterocycles. The third-order valence-corrected chi connectivity index (χ3v) is 3.37. The summed E-state index contributed by atoms with van der Waals surface area (Å²) in [6.45, 7) is 2.10. The molecule has 0 saturated carbocycles. The summed E-state index contributed by atoms with van der Waals surface area (Å²) in [6.07, 6.45) is 0.894. The van der Waals surface area contributed by atoms with Crippen LogP contribution in [0.3, 0.4) is 0 Å². The minimum Gasteiger partial charge on any atom is -0.377 e. The number of rotatable bonds is 5. The van der Waals surface area contributed by atoms with Crippen LogP contribution in [-0.4, -0.2) is 14.1 Å². The zero-order valence-electron chi connectivity index (χ0n) is 12.2. The number of hydrogen-bond acceptors (Lipinski definition) is 2. The van der Waals surface area contributed by atoms with Crippen molar-refractivity contribution < 1.29 is 4.39 Å². The third-order valence-electron chi connectivity index (χ3n) is 3.37. The lowest BCUT2D eigenvalue weighted by Gasteiger charge is -2.23. The van der Waals surface area contributed by atoms with E-state index in [4.69, 9.17) is 0 Å². The van der Waals surface area contributed by atoms with Crippen molar-refractivity contribution in [2.24, 2.45) is 0 Å². The van der Waals surface area contributed by atoms with E-state index < -0.39 is 0 Å². The van der Waals surface area contributed by atoms with E-state index in [1.807, 2.05) is 32.3 Å². The van der Waals surface area contributed by atoms with E-state index >= 15 is 0 Å². The molecule has 0 amide bonds. The Kier molecular flexibility index (Phi) is 4.61. The van der Waals surface area contributed by atoms with Crippen molar-refractivity contribution in [2.75, 3.05) is 24.3 Å². The fourth-order valence-electron chi connectivity index (χ4n) is 2.32. The van der Waals surface area contributed by atoms with Gasteiger partial charge >= 0.3 is 0 Å². The first kappa shape index (κ1) is 14.4. The first-order valence-electron chi connectivity index (χ1n) is 6.90. The second-order valence-corrected chi connectivity index (χ2v) is 5.07. The molecule has 0 heterocycles. The Morgan fingerprint density at radius 2 is 1.85 bits per heavy atom. The lowest BCUT2D eigenvalue weighted by molar-refractivity contribution is 0.621. The summed E-state index contributed by atoms with van der Waals surface area (Å²) >= 11 is 0. The highest BCUT2D eigenvalue weighted by atomic mass is 19.1. The van der Waals surface area contributed by atoms with Gasteiger partial charge in [-0.1, -0.05) is 31.2 Å².